The molecule has 0 spiro atoms. The topological polar surface area (TPSA) is 68.2 Å². The molecule has 146 valence electrons. The fourth-order valence-corrected chi connectivity index (χ4v) is 3.93. The number of rotatable bonds is 6. The summed E-state index contributed by atoms with van der Waals surface area (Å²) >= 11 is 0. The van der Waals surface area contributed by atoms with E-state index in [-0.39, 0.29) is 5.91 Å². The lowest BCUT2D eigenvalue weighted by Gasteiger charge is -2.35. The smallest absolute Gasteiger partial charge is 0.228 e. The van der Waals surface area contributed by atoms with E-state index in [1.54, 1.807) is 7.11 Å². The van der Waals surface area contributed by atoms with Gasteiger partial charge in [-0.1, -0.05) is 24.3 Å². The van der Waals surface area contributed by atoms with Crippen molar-refractivity contribution in [3.8, 4) is 5.69 Å². The molecule has 1 amide bonds. The number of nitrogens with zero attached hydrogens (tertiary/aromatic N) is 2. The van der Waals surface area contributed by atoms with E-state index in [4.69, 9.17) is 4.74 Å². The Bertz CT molecular complexity index is 937. The average molecular weight is 378 g/mol. The van der Waals surface area contributed by atoms with Gasteiger partial charge in [-0.3, -0.25) is 9.36 Å². The molecular weight excluding hydrogens is 352 g/mol. The number of hydrogen-bond acceptors (Lipinski definition) is 4. The molecule has 0 unspecified atom stereocenters. The number of ether oxygens (including phenoxy) is 1. The number of para-hydroxylation sites is 2. The summed E-state index contributed by atoms with van der Waals surface area (Å²) in [5, 5.41) is 6.43. The molecule has 1 saturated heterocycles. The maximum absolute atomic E-state index is 12.9. The average Bonchev–Trinajstić information content (AvgIpc) is 3.17. The fraction of sp³-hybridized carbons (Fsp3) is 0.364. The largest absolute Gasteiger partial charge is 0.384 e. The van der Waals surface area contributed by atoms with Crippen LogP contribution in [0.25, 0.3) is 16.7 Å². The predicted molar refractivity (Wildman–Crippen MR) is 109 cm³/mol. The number of piperidine rings is 1. The number of aromatic nitrogens is 2. The molecule has 2 aromatic carbocycles. The highest BCUT2D eigenvalue weighted by molar-refractivity contribution is 5.83. The number of carbonyl (C=O) groups is 1. The third-order valence-electron chi connectivity index (χ3n) is 5.58. The third kappa shape index (κ3) is 3.66. The quantitative estimate of drug-likeness (QED) is 0.692. The molecule has 6 heteroatoms. The molecule has 0 atom stereocenters. The summed E-state index contributed by atoms with van der Waals surface area (Å²) in [4.78, 5) is 17.3. The molecule has 2 heterocycles. The number of fused-ring (bicyclic) bond motifs is 1. The molecule has 3 aromatic rings. The number of carbonyl (C=O) groups excluding carboxylic acids is 1. The van der Waals surface area contributed by atoms with Gasteiger partial charge in [0.1, 0.15) is 6.33 Å². The summed E-state index contributed by atoms with van der Waals surface area (Å²) in [6.45, 7) is 2.69. The van der Waals surface area contributed by atoms with Crippen LogP contribution in [0.4, 0.5) is 0 Å². The maximum atomic E-state index is 12.9. The Kier molecular flexibility index (Phi) is 5.41. The first kappa shape index (κ1) is 18.7. The molecular formula is C22H26N4O2. The van der Waals surface area contributed by atoms with Gasteiger partial charge in [-0.05, 0) is 55.8 Å². The minimum atomic E-state index is -0.421. The first-order valence-electron chi connectivity index (χ1n) is 9.71. The molecule has 0 saturated carbocycles. The van der Waals surface area contributed by atoms with Gasteiger partial charge in [-0.15, -0.1) is 0 Å². The SMILES string of the molecule is COCC1(C(=O)NCc2ccc(-n3cnc4ccccc43)cc2)CCNCC1. The van der Waals surface area contributed by atoms with Crippen molar-refractivity contribution < 1.29 is 9.53 Å². The Morgan fingerprint density at radius 3 is 2.68 bits per heavy atom. The van der Waals surface area contributed by atoms with Gasteiger partial charge in [0.2, 0.25) is 5.91 Å². The molecule has 28 heavy (non-hydrogen) atoms. The van der Waals surface area contributed by atoms with E-state index in [1.165, 1.54) is 0 Å². The van der Waals surface area contributed by atoms with Crippen LogP contribution in [0.1, 0.15) is 18.4 Å². The first-order valence-corrected chi connectivity index (χ1v) is 9.71. The number of methoxy groups -OCH3 is 1. The van der Waals surface area contributed by atoms with Crippen molar-refractivity contribution in [2.24, 2.45) is 5.41 Å². The van der Waals surface area contributed by atoms with Crippen molar-refractivity contribution in [2.75, 3.05) is 26.8 Å². The van der Waals surface area contributed by atoms with Crippen molar-refractivity contribution >= 4 is 16.9 Å². The molecule has 4 rings (SSSR count). The highest BCUT2D eigenvalue weighted by Crippen LogP contribution is 2.29. The number of hydrogen-bond donors (Lipinski definition) is 2. The second-order valence-corrected chi connectivity index (χ2v) is 7.42. The van der Waals surface area contributed by atoms with Crippen LogP contribution in [-0.4, -0.2) is 42.3 Å². The number of imidazole rings is 1. The zero-order valence-electron chi connectivity index (χ0n) is 16.1. The van der Waals surface area contributed by atoms with E-state index in [2.05, 4.69) is 50.5 Å². The van der Waals surface area contributed by atoms with Gasteiger partial charge >= 0.3 is 0 Å². The summed E-state index contributed by atoms with van der Waals surface area (Å²) < 4.78 is 7.42. The van der Waals surface area contributed by atoms with Gasteiger partial charge in [-0.25, -0.2) is 4.98 Å². The van der Waals surface area contributed by atoms with Crippen LogP contribution in [0.5, 0.6) is 0 Å². The maximum Gasteiger partial charge on any atom is 0.228 e. The second-order valence-electron chi connectivity index (χ2n) is 7.42. The minimum Gasteiger partial charge on any atom is -0.384 e. The minimum absolute atomic E-state index is 0.0838. The summed E-state index contributed by atoms with van der Waals surface area (Å²) in [5.41, 5.74) is 3.76. The molecule has 6 nitrogen and oxygen atoms in total. The van der Waals surface area contributed by atoms with Crippen LogP contribution in [-0.2, 0) is 16.1 Å². The Hall–Kier alpha value is -2.70. The van der Waals surface area contributed by atoms with E-state index in [0.717, 1.165) is 48.2 Å². The summed E-state index contributed by atoms with van der Waals surface area (Å²) in [7, 11) is 1.66. The first-order chi connectivity index (χ1) is 13.7. The molecule has 2 N–H and O–H groups in total. The number of benzene rings is 2. The summed E-state index contributed by atoms with van der Waals surface area (Å²) in [6, 6.07) is 16.3. The fourth-order valence-electron chi connectivity index (χ4n) is 3.93. The second kappa shape index (κ2) is 8.12. The Balaban J connectivity index is 1.44. The van der Waals surface area contributed by atoms with Crippen LogP contribution in [0.3, 0.4) is 0 Å². The van der Waals surface area contributed by atoms with Crippen LogP contribution in [0.2, 0.25) is 0 Å². The molecule has 1 fully saturated rings. The predicted octanol–water partition coefficient (Wildman–Crippen LogP) is 2.66. The van der Waals surface area contributed by atoms with E-state index in [1.807, 2.05) is 24.5 Å². The highest BCUT2D eigenvalue weighted by Gasteiger charge is 2.39. The van der Waals surface area contributed by atoms with E-state index >= 15 is 0 Å². The monoisotopic (exact) mass is 378 g/mol. The Morgan fingerprint density at radius 1 is 1.18 bits per heavy atom. The van der Waals surface area contributed by atoms with Crippen molar-refractivity contribution in [3.63, 3.8) is 0 Å². The van der Waals surface area contributed by atoms with Crippen molar-refractivity contribution in [2.45, 2.75) is 19.4 Å². The van der Waals surface area contributed by atoms with Gasteiger partial charge in [0.25, 0.3) is 0 Å². The van der Waals surface area contributed by atoms with Crippen LogP contribution < -0.4 is 10.6 Å². The van der Waals surface area contributed by atoms with Crippen molar-refractivity contribution in [1.29, 1.82) is 0 Å². The van der Waals surface area contributed by atoms with Crippen LogP contribution >= 0.6 is 0 Å². The zero-order valence-corrected chi connectivity index (χ0v) is 16.1. The molecule has 1 aliphatic heterocycles. The van der Waals surface area contributed by atoms with Crippen LogP contribution in [0, 0.1) is 5.41 Å². The third-order valence-corrected chi connectivity index (χ3v) is 5.58. The van der Waals surface area contributed by atoms with Gasteiger partial charge < -0.3 is 15.4 Å². The summed E-state index contributed by atoms with van der Waals surface area (Å²) in [6.07, 6.45) is 3.45. The van der Waals surface area contributed by atoms with E-state index in [9.17, 15) is 4.79 Å². The van der Waals surface area contributed by atoms with Gasteiger partial charge in [0.15, 0.2) is 0 Å². The standard InChI is InChI=1S/C22H26N4O2/c1-28-15-22(10-12-23-13-11-22)21(27)24-14-17-6-8-18(9-7-17)26-16-25-19-4-2-3-5-20(19)26/h2-9,16,23H,10-15H2,1H3,(H,24,27). The number of amides is 1. The lowest BCUT2D eigenvalue weighted by Crippen LogP contribution is -2.49. The van der Waals surface area contributed by atoms with E-state index in [0.29, 0.717) is 13.2 Å². The highest BCUT2D eigenvalue weighted by atomic mass is 16.5. The van der Waals surface area contributed by atoms with Crippen molar-refractivity contribution in [3.05, 3.63) is 60.4 Å². The van der Waals surface area contributed by atoms with Gasteiger partial charge in [-0.2, -0.15) is 0 Å². The zero-order chi connectivity index (χ0) is 19.4. The number of nitrogens with one attached hydrogen (secondary N) is 2. The van der Waals surface area contributed by atoms with Gasteiger partial charge in [0, 0.05) is 19.3 Å². The van der Waals surface area contributed by atoms with Crippen LogP contribution in [0.15, 0.2) is 54.9 Å². The Labute approximate surface area is 164 Å². The normalized spacial score (nSPS) is 16.2. The van der Waals surface area contributed by atoms with E-state index < -0.39 is 5.41 Å². The Morgan fingerprint density at radius 2 is 1.93 bits per heavy atom. The van der Waals surface area contributed by atoms with Gasteiger partial charge in [0.05, 0.1) is 23.1 Å². The lowest BCUT2D eigenvalue weighted by molar-refractivity contribution is -0.136. The van der Waals surface area contributed by atoms with Crippen molar-refractivity contribution in [1.82, 2.24) is 20.2 Å². The molecule has 1 aromatic heterocycles. The molecule has 1 aliphatic rings. The molecule has 0 aliphatic carbocycles. The summed E-state index contributed by atoms with van der Waals surface area (Å²) in [5.74, 6) is 0.0838. The lowest BCUT2D eigenvalue weighted by atomic mass is 9.78. The molecule has 0 bridgehead atoms. The molecule has 0 radical (unpaired) electrons.